The number of fused-ring (bicyclic) bond motifs is 1. The summed E-state index contributed by atoms with van der Waals surface area (Å²) in [4.78, 5) is 0. The Balaban J connectivity index is 2.89. The van der Waals surface area contributed by atoms with Gasteiger partial charge in [0.2, 0.25) is 5.52 Å². The molecule has 0 unspecified atom stereocenters. The molecule has 3 heteroatoms. The van der Waals surface area contributed by atoms with Gasteiger partial charge in [0.15, 0.2) is 5.69 Å². The molecule has 0 aliphatic heterocycles. The first-order chi connectivity index (χ1) is 6.18. The second kappa shape index (κ2) is 2.89. The van der Waals surface area contributed by atoms with E-state index < -0.39 is 0 Å². The van der Waals surface area contributed by atoms with Crippen molar-refractivity contribution < 1.29 is 4.73 Å². The van der Waals surface area contributed by atoms with Crippen molar-refractivity contribution in [1.82, 2.24) is 0 Å². The Morgan fingerprint density at radius 2 is 1.92 bits per heavy atom. The van der Waals surface area contributed by atoms with Gasteiger partial charge in [0.05, 0.1) is 0 Å². The number of aromatic nitrogens is 1. The van der Waals surface area contributed by atoms with Gasteiger partial charge in [-0.15, -0.1) is 0 Å². The first-order valence-corrected chi connectivity index (χ1v) is 4.35. The smallest absolute Gasteiger partial charge is 0.225 e. The fourth-order valence-electron chi connectivity index (χ4n) is 1.30. The molecular weight excluding hydrogens is 186 g/mol. The zero-order chi connectivity index (χ0) is 9.42. The van der Waals surface area contributed by atoms with Crippen LogP contribution in [0, 0.1) is 12.1 Å². The highest BCUT2D eigenvalue weighted by atomic mass is 35.5. The largest absolute Gasteiger partial charge is 0.618 e. The molecule has 2 aromatic rings. The minimum atomic E-state index is 0.586. The molecule has 0 bridgehead atoms. The first kappa shape index (κ1) is 8.32. The van der Waals surface area contributed by atoms with Crippen LogP contribution in [0.4, 0.5) is 0 Å². The van der Waals surface area contributed by atoms with Crippen molar-refractivity contribution >= 4 is 22.5 Å². The predicted molar refractivity (Wildman–Crippen MR) is 52.7 cm³/mol. The van der Waals surface area contributed by atoms with E-state index in [-0.39, 0.29) is 0 Å². The summed E-state index contributed by atoms with van der Waals surface area (Å²) in [7, 11) is 0. The summed E-state index contributed by atoms with van der Waals surface area (Å²) in [6.07, 6.45) is 0. The van der Waals surface area contributed by atoms with Gasteiger partial charge in [-0.05, 0) is 18.2 Å². The minimum Gasteiger partial charge on any atom is -0.618 e. The van der Waals surface area contributed by atoms with Crippen LogP contribution >= 0.6 is 11.6 Å². The van der Waals surface area contributed by atoms with Gasteiger partial charge in [-0.25, -0.2) is 0 Å². The average molecular weight is 194 g/mol. The van der Waals surface area contributed by atoms with Crippen molar-refractivity contribution in [1.29, 1.82) is 0 Å². The highest BCUT2D eigenvalue weighted by Crippen LogP contribution is 2.16. The van der Waals surface area contributed by atoms with Gasteiger partial charge < -0.3 is 5.21 Å². The SMILES string of the molecule is Cc1ccc2ccc(Cl)cc2[n+]1[O-]. The highest BCUT2D eigenvalue weighted by Gasteiger charge is 2.06. The molecule has 2 rings (SSSR count). The Labute approximate surface area is 81.0 Å². The molecule has 66 valence electrons. The maximum atomic E-state index is 11.5. The molecule has 13 heavy (non-hydrogen) atoms. The number of aryl methyl sites for hydroxylation is 1. The van der Waals surface area contributed by atoms with E-state index in [2.05, 4.69) is 0 Å². The van der Waals surface area contributed by atoms with Crippen LogP contribution in [-0.4, -0.2) is 0 Å². The molecule has 0 fully saturated rings. The number of hydrogen-bond donors (Lipinski definition) is 0. The molecule has 1 aromatic carbocycles. The van der Waals surface area contributed by atoms with E-state index in [4.69, 9.17) is 11.6 Å². The number of hydrogen-bond acceptors (Lipinski definition) is 1. The number of pyridine rings is 1. The van der Waals surface area contributed by atoms with Gasteiger partial charge in [-0.3, -0.25) is 0 Å². The van der Waals surface area contributed by atoms with Crippen LogP contribution in [0.1, 0.15) is 5.69 Å². The minimum absolute atomic E-state index is 0.586. The van der Waals surface area contributed by atoms with E-state index in [1.54, 1.807) is 25.1 Å². The van der Waals surface area contributed by atoms with Crippen LogP contribution < -0.4 is 4.73 Å². The van der Waals surface area contributed by atoms with Crippen molar-refractivity contribution in [2.45, 2.75) is 6.92 Å². The molecule has 0 N–H and O–H groups in total. The normalized spacial score (nSPS) is 10.6. The van der Waals surface area contributed by atoms with E-state index in [9.17, 15) is 5.21 Å². The van der Waals surface area contributed by atoms with Gasteiger partial charge in [0.1, 0.15) is 0 Å². The van der Waals surface area contributed by atoms with Crippen molar-refractivity contribution in [3.63, 3.8) is 0 Å². The van der Waals surface area contributed by atoms with Crippen LogP contribution in [0.15, 0.2) is 30.3 Å². The molecule has 0 atom stereocenters. The van der Waals surface area contributed by atoms with Crippen molar-refractivity contribution in [3.05, 3.63) is 46.3 Å². The lowest BCUT2D eigenvalue weighted by molar-refractivity contribution is -0.584. The van der Waals surface area contributed by atoms with E-state index in [1.165, 1.54) is 0 Å². The van der Waals surface area contributed by atoms with Crippen molar-refractivity contribution in [2.24, 2.45) is 0 Å². The van der Waals surface area contributed by atoms with Gasteiger partial charge in [0.25, 0.3) is 0 Å². The Kier molecular flexibility index (Phi) is 1.85. The second-order valence-electron chi connectivity index (χ2n) is 2.97. The topological polar surface area (TPSA) is 26.9 Å². The Hall–Kier alpha value is -1.28. The summed E-state index contributed by atoms with van der Waals surface area (Å²) < 4.78 is 0.890. The van der Waals surface area contributed by atoms with E-state index >= 15 is 0 Å². The third-order valence-electron chi connectivity index (χ3n) is 2.04. The van der Waals surface area contributed by atoms with Gasteiger partial charge in [-0.1, -0.05) is 11.6 Å². The van der Waals surface area contributed by atoms with Crippen LogP contribution in [0.3, 0.4) is 0 Å². The monoisotopic (exact) mass is 193 g/mol. The third kappa shape index (κ3) is 1.33. The summed E-state index contributed by atoms with van der Waals surface area (Å²) in [5, 5.41) is 13.0. The maximum absolute atomic E-state index is 11.5. The Bertz CT molecular complexity index is 462. The molecule has 2 nitrogen and oxygen atoms in total. The summed E-state index contributed by atoms with van der Waals surface area (Å²) in [5.74, 6) is 0. The number of halogens is 1. The molecule has 0 saturated carbocycles. The molecule has 0 aliphatic rings. The van der Waals surface area contributed by atoms with Gasteiger partial charge >= 0.3 is 0 Å². The number of benzene rings is 1. The fraction of sp³-hybridized carbons (Fsp3) is 0.100. The molecule has 1 heterocycles. The van der Waals surface area contributed by atoms with Gasteiger partial charge in [-0.2, -0.15) is 4.73 Å². The quantitative estimate of drug-likeness (QED) is 0.466. The van der Waals surface area contributed by atoms with Crippen LogP contribution in [-0.2, 0) is 0 Å². The molecule has 1 aromatic heterocycles. The molecular formula is C10H8ClNO. The molecule has 0 spiro atoms. The van der Waals surface area contributed by atoms with E-state index in [1.807, 2.05) is 12.1 Å². The average Bonchev–Trinajstić information content (AvgIpc) is 2.12. The first-order valence-electron chi connectivity index (χ1n) is 3.97. The molecule has 0 saturated heterocycles. The van der Waals surface area contributed by atoms with E-state index in [0.29, 0.717) is 16.2 Å². The summed E-state index contributed by atoms with van der Waals surface area (Å²) in [6, 6.07) is 9.00. The molecule has 0 radical (unpaired) electrons. The van der Waals surface area contributed by atoms with E-state index in [0.717, 1.165) is 10.1 Å². The standard InChI is InChI=1S/C10H8ClNO/c1-7-2-3-8-4-5-9(11)6-10(8)12(7)13/h2-6H,1H3. The molecule has 0 amide bonds. The van der Waals surface area contributed by atoms with Crippen molar-refractivity contribution in [3.8, 4) is 0 Å². The van der Waals surface area contributed by atoms with Crippen LogP contribution in [0.2, 0.25) is 5.02 Å². The van der Waals surface area contributed by atoms with Crippen molar-refractivity contribution in [2.75, 3.05) is 0 Å². The number of nitrogens with zero attached hydrogens (tertiary/aromatic N) is 1. The summed E-state index contributed by atoms with van der Waals surface area (Å²) >= 11 is 5.79. The third-order valence-corrected chi connectivity index (χ3v) is 2.27. The molecule has 0 aliphatic carbocycles. The zero-order valence-corrected chi connectivity index (χ0v) is 7.88. The zero-order valence-electron chi connectivity index (χ0n) is 7.12. The van der Waals surface area contributed by atoms with Crippen LogP contribution in [0.5, 0.6) is 0 Å². The highest BCUT2D eigenvalue weighted by molar-refractivity contribution is 6.31. The lowest BCUT2D eigenvalue weighted by Gasteiger charge is -2.03. The van der Waals surface area contributed by atoms with Crippen LogP contribution in [0.25, 0.3) is 10.9 Å². The maximum Gasteiger partial charge on any atom is 0.225 e. The number of rotatable bonds is 0. The Morgan fingerprint density at radius 3 is 2.69 bits per heavy atom. The van der Waals surface area contributed by atoms with Gasteiger partial charge in [0, 0.05) is 29.5 Å². The Morgan fingerprint density at radius 1 is 1.23 bits per heavy atom. The summed E-state index contributed by atoms with van der Waals surface area (Å²) in [6.45, 7) is 1.77. The lowest BCUT2D eigenvalue weighted by Crippen LogP contribution is -2.30. The second-order valence-corrected chi connectivity index (χ2v) is 3.41. The fourth-order valence-corrected chi connectivity index (χ4v) is 1.47. The predicted octanol–water partition coefficient (Wildman–Crippen LogP) is 2.44. The lowest BCUT2D eigenvalue weighted by atomic mass is 10.2. The summed E-state index contributed by atoms with van der Waals surface area (Å²) in [5.41, 5.74) is 1.29.